The summed E-state index contributed by atoms with van der Waals surface area (Å²) in [5.74, 6) is -0.686. The van der Waals surface area contributed by atoms with Gasteiger partial charge in [0.2, 0.25) is 5.88 Å². The van der Waals surface area contributed by atoms with Gasteiger partial charge in [0.05, 0.1) is 10.9 Å². The number of rotatable bonds is 4. The average Bonchev–Trinajstić information content (AvgIpc) is 2.53. The van der Waals surface area contributed by atoms with E-state index in [9.17, 15) is 9.90 Å². The van der Waals surface area contributed by atoms with Gasteiger partial charge < -0.3 is 9.84 Å². The molecule has 0 fully saturated rings. The van der Waals surface area contributed by atoms with Crippen molar-refractivity contribution in [2.45, 2.75) is 6.61 Å². The van der Waals surface area contributed by atoms with Crippen LogP contribution in [-0.4, -0.2) is 21.0 Å². The van der Waals surface area contributed by atoms with Crippen molar-refractivity contribution < 1.29 is 14.6 Å². The number of carboxylic acids is 1. The molecule has 2 heterocycles. The van der Waals surface area contributed by atoms with Gasteiger partial charge in [0.25, 0.3) is 0 Å². The fraction of sp³-hybridized carbons (Fsp3) is 0.0625. The van der Waals surface area contributed by atoms with E-state index in [1.165, 1.54) is 0 Å². The molecule has 0 spiro atoms. The summed E-state index contributed by atoms with van der Waals surface area (Å²) in [7, 11) is 0. The van der Waals surface area contributed by atoms with E-state index in [1.54, 1.807) is 36.8 Å². The zero-order chi connectivity index (χ0) is 14.7. The molecular formula is C16H12N2O3. The molecule has 0 atom stereocenters. The summed E-state index contributed by atoms with van der Waals surface area (Å²) in [4.78, 5) is 19.5. The summed E-state index contributed by atoms with van der Waals surface area (Å²) in [6.45, 7) is 0.286. The van der Waals surface area contributed by atoms with E-state index < -0.39 is 5.97 Å². The van der Waals surface area contributed by atoms with Crippen LogP contribution in [0.25, 0.3) is 10.8 Å². The van der Waals surface area contributed by atoms with Gasteiger partial charge in [-0.3, -0.25) is 4.98 Å². The molecule has 3 rings (SSSR count). The summed E-state index contributed by atoms with van der Waals surface area (Å²) in [6, 6.07) is 10.5. The molecule has 3 aromatic rings. The van der Waals surface area contributed by atoms with Crippen LogP contribution in [-0.2, 0) is 6.61 Å². The van der Waals surface area contributed by atoms with Gasteiger partial charge >= 0.3 is 5.97 Å². The van der Waals surface area contributed by atoms with E-state index in [0.717, 1.165) is 10.9 Å². The van der Waals surface area contributed by atoms with Crippen LogP contribution in [0.15, 0.2) is 55.0 Å². The van der Waals surface area contributed by atoms with Gasteiger partial charge in [-0.15, -0.1) is 0 Å². The summed E-state index contributed by atoms with van der Waals surface area (Å²) >= 11 is 0. The van der Waals surface area contributed by atoms with Crippen LogP contribution in [0.1, 0.15) is 15.9 Å². The minimum atomic E-state index is -1.00. The first-order valence-corrected chi connectivity index (χ1v) is 6.38. The van der Waals surface area contributed by atoms with Gasteiger partial charge in [-0.2, -0.15) is 0 Å². The zero-order valence-electron chi connectivity index (χ0n) is 11.1. The molecule has 0 aliphatic carbocycles. The van der Waals surface area contributed by atoms with E-state index in [2.05, 4.69) is 9.97 Å². The lowest BCUT2D eigenvalue weighted by molar-refractivity contribution is 0.0698. The average molecular weight is 280 g/mol. The van der Waals surface area contributed by atoms with Gasteiger partial charge in [-0.25, -0.2) is 9.78 Å². The van der Waals surface area contributed by atoms with E-state index >= 15 is 0 Å². The first-order chi connectivity index (χ1) is 10.3. The first kappa shape index (κ1) is 13.1. The zero-order valence-corrected chi connectivity index (χ0v) is 11.1. The lowest BCUT2D eigenvalue weighted by Crippen LogP contribution is -2.02. The number of aromatic carboxylic acids is 1. The van der Waals surface area contributed by atoms with Crippen LogP contribution in [0, 0.1) is 0 Å². The third-order valence-corrected chi connectivity index (χ3v) is 3.09. The maximum Gasteiger partial charge on any atom is 0.336 e. The van der Waals surface area contributed by atoms with Crippen molar-refractivity contribution in [2.24, 2.45) is 0 Å². The molecule has 2 aromatic heterocycles. The Morgan fingerprint density at radius 2 is 2.05 bits per heavy atom. The van der Waals surface area contributed by atoms with Crippen LogP contribution < -0.4 is 4.74 Å². The molecule has 0 amide bonds. The Kier molecular flexibility index (Phi) is 3.47. The molecule has 1 N–H and O–H groups in total. The summed E-state index contributed by atoms with van der Waals surface area (Å²) in [6.07, 6.45) is 4.98. The molecule has 0 unspecified atom stereocenters. The minimum absolute atomic E-state index is 0.182. The molecule has 0 aliphatic rings. The second-order valence-electron chi connectivity index (χ2n) is 4.47. The van der Waals surface area contributed by atoms with Crippen molar-refractivity contribution in [2.75, 3.05) is 0 Å². The summed E-state index contributed by atoms with van der Waals surface area (Å²) < 4.78 is 5.68. The van der Waals surface area contributed by atoms with Crippen LogP contribution in [0.4, 0.5) is 0 Å². The van der Waals surface area contributed by atoms with Crippen molar-refractivity contribution in [1.29, 1.82) is 0 Å². The number of carbonyl (C=O) groups is 1. The van der Waals surface area contributed by atoms with Gasteiger partial charge in [-0.05, 0) is 23.6 Å². The van der Waals surface area contributed by atoms with Crippen LogP contribution in [0.5, 0.6) is 5.88 Å². The SMILES string of the molecule is O=C(O)c1cccc2ccnc(OCc3cccnc3)c12. The number of ether oxygens (including phenoxy) is 1. The highest BCUT2D eigenvalue weighted by Gasteiger charge is 2.13. The molecular weight excluding hydrogens is 268 g/mol. The van der Waals surface area contributed by atoms with Crippen LogP contribution in [0.3, 0.4) is 0 Å². The number of hydrogen-bond donors (Lipinski definition) is 1. The fourth-order valence-corrected chi connectivity index (χ4v) is 2.12. The lowest BCUT2D eigenvalue weighted by atomic mass is 10.1. The molecule has 21 heavy (non-hydrogen) atoms. The van der Waals surface area contributed by atoms with E-state index in [-0.39, 0.29) is 12.2 Å². The van der Waals surface area contributed by atoms with Gasteiger partial charge in [0.15, 0.2) is 0 Å². The number of hydrogen-bond acceptors (Lipinski definition) is 4. The Morgan fingerprint density at radius 3 is 2.81 bits per heavy atom. The second-order valence-corrected chi connectivity index (χ2v) is 4.47. The molecule has 0 saturated heterocycles. The van der Waals surface area contributed by atoms with Crippen molar-refractivity contribution in [3.05, 3.63) is 66.1 Å². The van der Waals surface area contributed by atoms with Crippen LogP contribution in [0.2, 0.25) is 0 Å². The Labute approximate surface area is 120 Å². The second kappa shape index (κ2) is 5.58. The van der Waals surface area contributed by atoms with E-state index in [4.69, 9.17) is 4.74 Å². The van der Waals surface area contributed by atoms with E-state index in [0.29, 0.717) is 11.3 Å². The number of nitrogens with zero attached hydrogens (tertiary/aromatic N) is 2. The summed E-state index contributed by atoms with van der Waals surface area (Å²) in [5, 5.41) is 10.6. The number of aromatic nitrogens is 2. The fourth-order valence-electron chi connectivity index (χ4n) is 2.12. The highest BCUT2D eigenvalue weighted by Crippen LogP contribution is 2.27. The van der Waals surface area contributed by atoms with Crippen molar-refractivity contribution >= 4 is 16.7 Å². The molecule has 1 aromatic carbocycles. The Balaban J connectivity index is 2.00. The first-order valence-electron chi connectivity index (χ1n) is 6.38. The Hall–Kier alpha value is -2.95. The monoisotopic (exact) mass is 280 g/mol. The smallest absolute Gasteiger partial charge is 0.336 e. The molecule has 5 heteroatoms. The normalized spacial score (nSPS) is 10.5. The van der Waals surface area contributed by atoms with Gasteiger partial charge in [-0.1, -0.05) is 18.2 Å². The predicted octanol–water partition coefficient (Wildman–Crippen LogP) is 2.91. The number of carboxylic acid groups (broad SMARTS) is 1. The molecule has 104 valence electrons. The highest BCUT2D eigenvalue weighted by atomic mass is 16.5. The van der Waals surface area contributed by atoms with Crippen molar-refractivity contribution in [3.8, 4) is 5.88 Å². The van der Waals surface area contributed by atoms with E-state index in [1.807, 2.05) is 18.2 Å². The predicted molar refractivity (Wildman–Crippen MR) is 77.3 cm³/mol. The van der Waals surface area contributed by atoms with Gasteiger partial charge in [0, 0.05) is 24.2 Å². The lowest BCUT2D eigenvalue weighted by Gasteiger charge is -2.10. The molecule has 0 bridgehead atoms. The maximum absolute atomic E-state index is 11.3. The number of pyridine rings is 2. The number of fused-ring (bicyclic) bond motifs is 1. The van der Waals surface area contributed by atoms with Crippen molar-refractivity contribution in [3.63, 3.8) is 0 Å². The highest BCUT2D eigenvalue weighted by molar-refractivity contribution is 6.05. The molecule has 0 saturated carbocycles. The van der Waals surface area contributed by atoms with Gasteiger partial charge in [0.1, 0.15) is 6.61 Å². The topological polar surface area (TPSA) is 72.3 Å². The molecule has 0 aliphatic heterocycles. The largest absolute Gasteiger partial charge is 0.478 e. The Bertz CT molecular complexity index is 783. The molecule has 5 nitrogen and oxygen atoms in total. The summed E-state index contributed by atoms with van der Waals surface area (Å²) in [5.41, 5.74) is 1.07. The minimum Gasteiger partial charge on any atom is -0.478 e. The van der Waals surface area contributed by atoms with Crippen LogP contribution >= 0.6 is 0 Å². The maximum atomic E-state index is 11.3. The third-order valence-electron chi connectivity index (χ3n) is 3.09. The molecule has 0 radical (unpaired) electrons. The van der Waals surface area contributed by atoms with Crippen molar-refractivity contribution in [1.82, 2.24) is 9.97 Å². The third kappa shape index (κ3) is 2.67. The number of benzene rings is 1. The Morgan fingerprint density at radius 1 is 1.14 bits per heavy atom. The quantitative estimate of drug-likeness (QED) is 0.795. The standard InChI is InChI=1S/C16H12N2O3/c19-16(20)13-5-1-4-12-6-8-18-15(14(12)13)21-10-11-3-2-7-17-9-11/h1-9H,10H2,(H,19,20).